The Kier molecular flexibility index (Phi) is 6.80. The molecule has 3 aromatic rings. The van der Waals surface area contributed by atoms with Crippen LogP contribution >= 0.6 is 23.2 Å². The minimum atomic E-state index is -4.08. The molecule has 178 valence electrons. The highest BCUT2D eigenvalue weighted by Crippen LogP contribution is 2.39. The molecule has 1 N–H and O–H groups in total. The van der Waals surface area contributed by atoms with E-state index >= 15 is 0 Å². The van der Waals surface area contributed by atoms with Crippen LogP contribution < -0.4 is 14.4 Å². The first-order chi connectivity index (χ1) is 16.0. The van der Waals surface area contributed by atoms with Gasteiger partial charge in [0.2, 0.25) is 5.91 Å². The quantitative estimate of drug-likeness (QED) is 0.460. The third-order valence-electron chi connectivity index (χ3n) is 5.47. The molecule has 0 aliphatic carbocycles. The number of benzene rings is 3. The zero-order valence-electron chi connectivity index (χ0n) is 18.7. The largest absolute Gasteiger partial charge is 0.487 e. The summed E-state index contributed by atoms with van der Waals surface area (Å²) >= 11 is 12.3. The number of halogens is 2. The van der Waals surface area contributed by atoms with Gasteiger partial charge in [-0.3, -0.25) is 9.10 Å². The molecule has 1 unspecified atom stereocenters. The Balaban J connectivity index is 1.67. The summed E-state index contributed by atoms with van der Waals surface area (Å²) in [7, 11) is -4.08. The highest BCUT2D eigenvalue weighted by molar-refractivity contribution is 7.92. The molecule has 1 aliphatic rings. The third-order valence-corrected chi connectivity index (χ3v) is 7.69. The predicted molar refractivity (Wildman–Crippen MR) is 134 cm³/mol. The molecule has 6 nitrogen and oxygen atoms in total. The summed E-state index contributed by atoms with van der Waals surface area (Å²) in [5, 5.41) is 3.51. The third kappa shape index (κ3) is 5.32. The first-order valence-electron chi connectivity index (χ1n) is 10.7. The molecule has 4 rings (SSSR count). The standard InChI is InChI=1S/C25H24Cl2N2O4S/c1-25(2)15-22(21-10-6-7-11-23(21)33-25)28-24(30)16-29(19-13-17(26)12-18(27)14-19)34(31,32)20-8-4-3-5-9-20/h3-14,22H,15-16H2,1-2H3,(H,28,30). The van der Waals surface area contributed by atoms with Crippen molar-refractivity contribution in [3.8, 4) is 5.75 Å². The van der Waals surface area contributed by atoms with Crippen molar-refractivity contribution in [3.63, 3.8) is 0 Å². The normalized spacial score (nSPS) is 16.8. The predicted octanol–water partition coefficient (Wildman–Crippen LogP) is 5.61. The van der Waals surface area contributed by atoms with Crippen LogP contribution in [-0.2, 0) is 14.8 Å². The Morgan fingerprint density at radius 3 is 2.32 bits per heavy atom. The van der Waals surface area contributed by atoms with Crippen LogP contribution in [0, 0.1) is 0 Å². The Hall–Kier alpha value is -2.74. The van der Waals surface area contributed by atoms with Crippen molar-refractivity contribution in [2.75, 3.05) is 10.8 Å². The van der Waals surface area contributed by atoms with E-state index in [1.165, 1.54) is 30.3 Å². The molecule has 0 fully saturated rings. The Morgan fingerprint density at radius 2 is 1.65 bits per heavy atom. The van der Waals surface area contributed by atoms with Crippen molar-refractivity contribution < 1.29 is 17.9 Å². The van der Waals surface area contributed by atoms with E-state index in [1.807, 2.05) is 38.1 Å². The van der Waals surface area contributed by atoms with Crippen LogP contribution in [0.5, 0.6) is 5.75 Å². The average Bonchev–Trinajstić information content (AvgIpc) is 2.76. The van der Waals surface area contributed by atoms with E-state index in [-0.39, 0.29) is 26.7 Å². The van der Waals surface area contributed by atoms with Gasteiger partial charge in [-0.2, -0.15) is 0 Å². The fourth-order valence-corrected chi connectivity index (χ4v) is 5.96. The number of ether oxygens (including phenoxy) is 1. The number of amides is 1. The van der Waals surface area contributed by atoms with Gasteiger partial charge in [-0.15, -0.1) is 0 Å². The summed E-state index contributed by atoms with van der Waals surface area (Å²) in [5.41, 5.74) is 0.547. The molecule has 0 spiro atoms. The van der Waals surface area contributed by atoms with Crippen LogP contribution in [0.15, 0.2) is 77.7 Å². The summed E-state index contributed by atoms with van der Waals surface area (Å²) in [5.74, 6) is 0.229. The number of carbonyl (C=O) groups excluding carboxylic acids is 1. The summed E-state index contributed by atoms with van der Waals surface area (Å²) in [4.78, 5) is 13.3. The van der Waals surface area contributed by atoms with Crippen LogP contribution in [0.25, 0.3) is 0 Å². The zero-order chi connectivity index (χ0) is 24.5. The smallest absolute Gasteiger partial charge is 0.264 e. The first kappa shape index (κ1) is 24.4. The second-order valence-corrected chi connectivity index (χ2v) is 11.4. The molecule has 1 atom stereocenters. The molecule has 0 radical (unpaired) electrons. The van der Waals surface area contributed by atoms with Crippen LogP contribution in [0.3, 0.4) is 0 Å². The number of nitrogens with zero attached hydrogens (tertiary/aromatic N) is 1. The molecule has 0 bridgehead atoms. The lowest BCUT2D eigenvalue weighted by molar-refractivity contribution is -0.120. The van der Waals surface area contributed by atoms with Gasteiger partial charge < -0.3 is 10.1 Å². The SMILES string of the molecule is CC1(C)CC(NC(=O)CN(c2cc(Cl)cc(Cl)c2)S(=O)(=O)c2ccccc2)c2ccccc2O1. The maximum absolute atomic E-state index is 13.5. The van der Waals surface area contributed by atoms with Crippen LogP contribution in [0.4, 0.5) is 5.69 Å². The topological polar surface area (TPSA) is 75.7 Å². The van der Waals surface area contributed by atoms with Gasteiger partial charge in [0.15, 0.2) is 0 Å². The van der Waals surface area contributed by atoms with Gasteiger partial charge in [-0.1, -0.05) is 59.6 Å². The highest BCUT2D eigenvalue weighted by Gasteiger charge is 2.35. The van der Waals surface area contributed by atoms with Gasteiger partial charge in [-0.25, -0.2) is 8.42 Å². The van der Waals surface area contributed by atoms with E-state index in [1.54, 1.807) is 18.2 Å². The first-order valence-corrected chi connectivity index (χ1v) is 12.9. The second-order valence-electron chi connectivity index (χ2n) is 8.68. The number of fused-ring (bicyclic) bond motifs is 1. The van der Waals surface area contributed by atoms with Crippen LogP contribution in [0.2, 0.25) is 10.0 Å². The van der Waals surface area contributed by atoms with Crippen molar-refractivity contribution in [3.05, 3.63) is 88.4 Å². The fraction of sp³-hybridized carbons (Fsp3) is 0.240. The van der Waals surface area contributed by atoms with Gasteiger partial charge in [0.1, 0.15) is 17.9 Å². The van der Waals surface area contributed by atoms with E-state index in [0.29, 0.717) is 12.2 Å². The van der Waals surface area contributed by atoms with Crippen molar-refractivity contribution >= 4 is 44.8 Å². The monoisotopic (exact) mass is 518 g/mol. The van der Waals surface area contributed by atoms with Crippen LogP contribution in [0.1, 0.15) is 31.9 Å². The molecular weight excluding hydrogens is 495 g/mol. The van der Waals surface area contributed by atoms with Crippen molar-refractivity contribution in [2.45, 2.75) is 36.8 Å². The highest BCUT2D eigenvalue weighted by atomic mass is 35.5. The number of hydrogen-bond acceptors (Lipinski definition) is 4. The fourth-order valence-electron chi connectivity index (χ4n) is 4.02. The Morgan fingerprint density at radius 1 is 1.03 bits per heavy atom. The van der Waals surface area contributed by atoms with Gasteiger partial charge >= 0.3 is 0 Å². The Labute approximate surface area is 209 Å². The Bertz CT molecular complexity index is 1290. The number of sulfonamides is 1. The average molecular weight is 519 g/mol. The lowest BCUT2D eigenvalue weighted by Gasteiger charge is -2.38. The minimum Gasteiger partial charge on any atom is -0.487 e. The number of nitrogens with one attached hydrogen (secondary N) is 1. The number of para-hydroxylation sites is 1. The van der Waals surface area contributed by atoms with Gasteiger partial charge in [0.25, 0.3) is 10.0 Å². The van der Waals surface area contributed by atoms with Crippen molar-refractivity contribution in [2.24, 2.45) is 0 Å². The molecule has 9 heteroatoms. The van der Waals surface area contributed by atoms with Crippen LogP contribution in [-0.4, -0.2) is 26.5 Å². The summed E-state index contributed by atoms with van der Waals surface area (Å²) < 4.78 is 34.1. The maximum Gasteiger partial charge on any atom is 0.264 e. The molecule has 34 heavy (non-hydrogen) atoms. The van der Waals surface area contributed by atoms with E-state index in [0.717, 1.165) is 9.87 Å². The minimum absolute atomic E-state index is 0.0523. The zero-order valence-corrected chi connectivity index (χ0v) is 21.0. The molecular formula is C25H24Cl2N2O4S. The number of rotatable bonds is 6. The van der Waals surface area contributed by atoms with E-state index in [9.17, 15) is 13.2 Å². The van der Waals surface area contributed by atoms with E-state index < -0.39 is 28.1 Å². The lowest BCUT2D eigenvalue weighted by atomic mass is 9.89. The molecule has 1 amide bonds. The van der Waals surface area contributed by atoms with E-state index in [4.69, 9.17) is 27.9 Å². The van der Waals surface area contributed by atoms with Gasteiger partial charge in [-0.05, 0) is 50.2 Å². The maximum atomic E-state index is 13.5. The molecule has 1 aliphatic heterocycles. The number of hydrogen-bond donors (Lipinski definition) is 1. The molecule has 0 aromatic heterocycles. The molecule has 0 saturated heterocycles. The summed E-state index contributed by atoms with van der Waals surface area (Å²) in [6.45, 7) is 3.44. The molecule has 3 aromatic carbocycles. The van der Waals surface area contributed by atoms with Crippen molar-refractivity contribution in [1.29, 1.82) is 0 Å². The molecule has 1 heterocycles. The summed E-state index contributed by atoms with van der Waals surface area (Å²) in [6, 6.07) is 19.5. The number of carbonyl (C=O) groups is 1. The van der Waals surface area contributed by atoms with Gasteiger partial charge in [0.05, 0.1) is 16.6 Å². The lowest BCUT2D eigenvalue weighted by Crippen LogP contribution is -2.45. The van der Waals surface area contributed by atoms with Gasteiger partial charge in [0, 0.05) is 22.0 Å². The second kappa shape index (κ2) is 9.49. The molecule has 0 saturated carbocycles. The van der Waals surface area contributed by atoms with Crippen molar-refractivity contribution in [1.82, 2.24) is 5.32 Å². The van der Waals surface area contributed by atoms with E-state index in [2.05, 4.69) is 5.32 Å². The number of anilines is 1. The summed E-state index contributed by atoms with van der Waals surface area (Å²) in [6.07, 6.45) is 0.532.